The zero-order chi connectivity index (χ0) is 28.7. The number of aliphatic hydroxyl groups is 1. The third kappa shape index (κ3) is 4.89. The molecule has 39 heavy (non-hydrogen) atoms. The molecule has 0 aliphatic rings. The van der Waals surface area contributed by atoms with Crippen molar-refractivity contribution in [3.8, 4) is 18.1 Å². The molecule has 4 rings (SSSR count). The van der Waals surface area contributed by atoms with Crippen molar-refractivity contribution in [1.82, 2.24) is 19.7 Å². The first-order valence-corrected chi connectivity index (χ1v) is 12.6. The van der Waals surface area contributed by atoms with Gasteiger partial charge in [-0.25, -0.2) is 14.4 Å². The standard InChI is InChI=1S/C29H29ClFN5O3/c1-7-28(5,27-34-17(4)23-25(32)33-13-14-36(23)27)19-15-20(30)22(31)21(24(19)39-16(2)3)26(37)35-29(6,38)18-11-9-8-10-12-18/h1,8-16,38H,2-6H3,(H2,32,33)(H,35,37)/t28-,29-/m1/s1. The molecule has 0 aliphatic heterocycles. The van der Waals surface area contributed by atoms with Crippen molar-refractivity contribution in [3.63, 3.8) is 0 Å². The summed E-state index contributed by atoms with van der Waals surface area (Å²) in [6, 6.07) is 9.78. The Bertz CT molecular complexity index is 1610. The highest BCUT2D eigenvalue weighted by Crippen LogP contribution is 2.43. The predicted molar refractivity (Wildman–Crippen MR) is 148 cm³/mol. The molecule has 0 saturated heterocycles. The quantitative estimate of drug-likeness (QED) is 0.227. The molecule has 2 heterocycles. The largest absolute Gasteiger partial charge is 0.490 e. The summed E-state index contributed by atoms with van der Waals surface area (Å²) in [4.78, 5) is 22.4. The van der Waals surface area contributed by atoms with Crippen LogP contribution in [-0.4, -0.2) is 31.5 Å². The van der Waals surface area contributed by atoms with E-state index in [1.807, 2.05) is 0 Å². The maximum atomic E-state index is 15.7. The van der Waals surface area contributed by atoms with Crippen LogP contribution in [0.4, 0.5) is 10.2 Å². The second-order valence-electron chi connectivity index (χ2n) is 9.80. The van der Waals surface area contributed by atoms with E-state index < -0.39 is 34.5 Å². The summed E-state index contributed by atoms with van der Waals surface area (Å²) in [7, 11) is 0. The smallest absolute Gasteiger partial charge is 0.260 e. The van der Waals surface area contributed by atoms with Crippen LogP contribution >= 0.6 is 11.6 Å². The molecule has 0 bridgehead atoms. The molecule has 1 amide bonds. The molecule has 2 aromatic heterocycles. The monoisotopic (exact) mass is 549 g/mol. The predicted octanol–water partition coefficient (Wildman–Crippen LogP) is 4.73. The van der Waals surface area contributed by atoms with Crippen molar-refractivity contribution in [2.45, 2.75) is 51.9 Å². The number of fused-ring (bicyclic) bond motifs is 1. The van der Waals surface area contributed by atoms with Gasteiger partial charge in [0.25, 0.3) is 5.91 Å². The number of rotatable bonds is 7. The van der Waals surface area contributed by atoms with Crippen molar-refractivity contribution in [3.05, 3.63) is 87.8 Å². The molecule has 2 aromatic carbocycles. The van der Waals surface area contributed by atoms with Gasteiger partial charge in [-0.3, -0.25) is 9.20 Å². The normalized spacial score (nSPS) is 14.5. The summed E-state index contributed by atoms with van der Waals surface area (Å²) in [5, 5.41) is 13.2. The average molecular weight is 550 g/mol. The van der Waals surface area contributed by atoms with Gasteiger partial charge in [-0.05, 0) is 40.7 Å². The van der Waals surface area contributed by atoms with Crippen LogP contribution in [0.3, 0.4) is 0 Å². The number of carbonyl (C=O) groups excluding carboxylic acids is 1. The number of aromatic nitrogens is 3. The summed E-state index contributed by atoms with van der Waals surface area (Å²) < 4.78 is 23.4. The van der Waals surface area contributed by atoms with Gasteiger partial charge in [-0.1, -0.05) is 47.9 Å². The lowest BCUT2D eigenvalue weighted by Gasteiger charge is -2.30. The number of nitrogens with two attached hydrogens (primary N) is 1. The second-order valence-corrected chi connectivity index (χ2v) is 10.2. The van der Waals surface area contributed by atoms with E-state index in [4.69, 9.17) is 28.5 Å². The zero-order valence-corrected chi connectivity index (χ0v) is 23.0. The number of terminal acetylenes is 1. The number of carbonyl (C=O) groups is 1. The maximum Gasteiger partial charge on any atom is 0.260 e. The molecule has 0 fully saturated rings. The Morgan fingerprint density at radius 3 is 2.59 bits per heavy atom. The van der Waals surface area contributed by atoms with Crippen LogP contribution in [0, 0.1) is 25.1 Å². The molecule has 0 aliphatic carbocycles. The Balaban J connectivity index is 1.97. The van der Waals surface area contributed by atoms with Crippen LogP contribution in [-0.2, 0) is 11.1 Å². The topological polar surface area (TPSA) is 115 Å². The number of ether oxygens (including phenoxy) is 1. The summed E-state index contributed by atoms with van der Waals surface area (Å²) in [6.07, 6.45) is 8.81. The Morgan fingerprint density at radius 2 is 1.97 bits per heavy atom. The summed E-state index contributed by atoms with van der Waals surface area (Å²) in [6.45, 7) is 8.30. The number of nitrogen functional groups attached to an aromatic ring is 1. The van der Waals surface area contributed by atoms with E-state index in [9.17, 15) is 9.90 Å². The van der Waals surface area contributed by atoms with Crippen molar-refractivity contribution in [2.24, 2.45) is 0 Å². The lowest BCUT2D eigenvalue weighted by atomic mass is 9.80. The number of anilines is 1. The van der Waals surface area contributed by atoms with Crippen LogP contribution < -0.4 is 15.8 Å². The zero-order valence-electron chi connectivity index (χ0n) is 22.2. The van der Waals surface area contributed by atoms with Crippen molar-refractivity contribution >= 4 is 28.8 Å². The van der Waals surface area contributed by atoms with E-state index in [2.05, 4.69) is 21.2 Å². The van der Waals surface area contributed by atoms with Crippen LogP contribution in [0.2, 0.25) is 5.02 Å². The third-order valence-electron chi connectivity index (χ3n) is 6.48. The molecular weight excluding hydrogens is 521 g/mol. The molecule has 8 nitrogen and oxygen atoms in total. The molecular formula is C29H29ClFN5O3. The van der Waals surface area contributed by atoms with Crippen molar-refractivity contribution in [1.29, 1.82) is 0 Å². The molecule has 2 atom stereocenters. The van der Waals surface area contributed by atoms with E-state index >= 15 is 4.39 Å². The minimum Gasteiger partial charge on any atom is -0.490 e. The lowest BCUT2D eigenvalue weighted by molar-refractivity contribution is 0.0193. The molecule has 202 valence electrons. The third-order valence-corrected chi connectivity index (χ3v) is 6.75. The SMILES string of the molecule is C#C[C@](C)(c1cc(Cl)c(F)c(C(=O)N[C@](C)(O)c2ccccc2)c1OC(C)C)c1nc(C)c2c(N)nccn12. The first-order valence-electron chi connectivity index (χ1n) is 12.2. The molecule has 0 saturated carbocycles. The van der Waals surface area contributed by atoms with Gasteiger partial charge in [0.05, 0.1) is 16.8 Å². The number of nitrogens with zero attached hydrogens (tertiary/aromatic N) is 3. The van der Waals surface area contributed by atoms with E-state index in [1.54, 1.807) is 68.6 Å². The summed E-state index contributed by atoms with van der Waals surface area (Å²) in [5.41, 5.74) is 4.17. The molecule has 4 N–H and O–H groups in total. The lowest BCUT2D eigenvalue weighted by Crippen LogP contribution is -2.44. The van der Waals surface area contributed by atoms with Crippen LogP contribution in [0.25, 0.3) is 5.52 Å². The first kappa shape index (κ1) is 27.9. The van der Waals surface area contributed by atoms with Crippen molar-refractivity contribution in [2.75, 3.05) is 5.73 Å². The fraction of sp³-hybridized carbons (Fsp3) is 0.276. The minimum absolute atomic E-state index is 0.120. The van der Waals surface area contributed by atoms with Gasteiger partial charge in [-0.2, -0.15) is 0 Å². The number of amides is 1. The average Bonchev–Trinajstić information content (AvgIpc) is 3.23. The van der Waals surface area contributed by atoms with Gasteiger partial charge in [0.1, 0.15) is 33.9 Å². The number of imidazole rings is 1. The van der Waals surface area contributed by atoms with Gasteiger partial charge in [0, 0.05) is 23.5 Å². The first-order chi connectivity index (χ1) is 18.3. The number of halogens is 2. The molecule has 4 aromatic rings. The highest BCUT2D eigenvalue weighted by molar-refractivity contribution is 6.31. The highest BCUT2D eigenvalue weighted by Gasteiger charge is 2.40. The number of benzene rings is 2. The van der Waals surface area contributed by atoms with E-state index in [-0.39, 0.29) is 22.2 Å². The van der Waals surface area contributed by atoms with Crippen LogP contribution in [0.5, 0.6) is 5.75 Å². The van der Waals surface area contributed by atoms with Gasteiger partial charge >= 0.3 is 0 Å². The Hall–Kier alpha value is -4.13. The summed E-state index contributed by atoms with van der Waals surface area (Å²) >= 11 is 6.36. The van der Waals surface area contributed by atoms with E-state index in [0.29, 0.717) is 22.6 Å². The van der Waals surface area contributed by atoms with E-state index in [1.165, 1.54) is 19.2 Å². The number of hydrogen-bond acceptors (Lipinski definition) is 6. The molecule has 0 radical (unpaired) electrons. The number of aryl methyl sites for hydroxylation is 1. The fourth-order valence-corrected chi connectivity index (χ4v) is 4.72. The van der Waals surface area contributed by atoms with Gasteiger partial charge in [0.2, 0.25) is 0 Å². The summed E-state index contributed by atoms with van der Waals surface area (Å²) in [5.74, 6) is 1.29. The van der Waals surface area contributed by atoms with Crippen LogP contribution in [0.15, 0.2) is 48.8 Å². The fourth-order valence-electron chi connectivity index (χ4n) is 4.52. The Morgan fingerprint density at radius 1 is 1.31 bits per heavy atom. The van der Waals surface area contributed by atoms with Crippen LogP contribution in [0.1, 0.15) is 60.7 Å². The van der Waals surface area contributed by atoms with Crippen molar-refractivity contribution < 1.29 is 19.0 Å². The molecule has 0 spiro atoms. The second kappa shape index (κ2) is 10.2. The van der Waals surface area contributed by atoms with E-state index in [0.717, 1.165) is 0 Å². The van der Waals surface area contributed by atoms with Gasteiger partial charge in [-0.15, -0.1) is 6.42 Å². The molecule has 10 heteroatoms. The molecule has 0 unspecified atom stereocenters. The van der Waals surface area contributed by atoms with Gasteiger partial charge < -0.3 is 20.9 Å². The number of nitrogens with one attached hydrogen (secondary N) is 1. The maximum absolute atomic E-state index is 15.7. The Labute approximate surface area is 231 Å². The highest BCUT2D eigenvalue weighted by atomic mass is 35.5. The minimum atomic E-state index is -1.83. The number of hydrogen-bond donors (Lipinski definition) is 3. The van der Waals surface area contributed by atoms with Gasteiger partial charge in [0.15, 0.2) is 11.5 Å². The Kier molecular flexibility index (Phi) is 7.30.